The number of benzene rings is 1. The van der Waals surface area contributed by atoms with Gasteiger partial charge in [0.05, 0.1) is 5.52 Å². The lowest BCUT2D eigenvalue weighted by atomic mass is 10.0. The number of aliphatic hydroxyl groups is 1. The summed E-state index contributed by atoms with van der Waals surface area (Å²) in [6, 6.07) is 6.47. The molecule has 114 valence electrons. The van der Waals surface area contributed by atoms with Gasteiger partial charge >= 0.3 is 0 Å². The Morgan fingerprint density at radius 3 is 2.91 bits per heavy atom. The molecule has 1 aromatic carbocycles. The molecule has 0 atom stereocenters. The van der Waals surface area contributed by atoms with Crippen molar-refractivity contribution in [2.75, 3.05) is 6.00 Å². The van der Waals surface area contributed by atoms with E-state index in [1.807, 2.05) is 0 Å². The molecule has 22 heavy (non-hydrogen) atoms. The lowest BCUT2D eigenvalue weighted by Crippen LogP contribution is -2.06. The summed E-state index contributed by atoms with van der Waals surface area (Å²) in [6.07, 6.45) is 14.0. The first-order valence-corrected chi connectivity index (χ1v) is 7.70. The van der Waals surface area contributed by atoms with Gasteiger partial charge in [0.1, 0.15) is 17.5 Å². The summed E-state index contributed by atoms with van der Waals surface area (Å²) < 4.78 is 2.26. The van der Waals surface area contributed by atoms with E-state index >= 15 is 0 Å². The van der Waals surface area contributed by atoms with Gasteiger partial charge in [-0.05, 0) is 31.4 Å². The molecule has 2 aromatic rings. The standard InChI is InChI=1S/C16H17ClN2O.C2H2/c1-2-14(20)15(18-10-17)13-9-19-8-4-6-11-5-3-7-12(13)16(11)19;1-2/h2-3,5,7,9,20H,4,6,8,10H2,1H3;1-2H/b14-2+,18-15-;. The summed E-state index contributed by atoms with van der Waals surface area (Å²) in [5.41, 5.74) is 4.16. The molecule has 0 spiro atoms. The maximum absolute atomic E-state index is 10.1. The second kappa shape index (κ2) is 7.20. The Kier molecular flexibility index (Phi) is 5.30. The number of alkyl halides is 1. The van der Waals surface area contributed by atoms with Crippen molar-refractivity contribution in [1.82, 2.24) is 4.57 Å². The Morgan fingerprint density at radius 1 is 1.45 bits per heavy atom. The molecule has 0 amide bonds. The molecule has 0 unspecified atom stereocenters. The predicted molar refractivity (Wildman–Crippen MR) is 93.8 cm³/mol. The van der Waals surface area contributed by atoms with E-state index in [2.05, 4.69) is 46.8 Å². The Balaban J connectivity index is 0.000000847. The molecule has 3 nitrogen and oxygen atoms in total. The second-order valence-electron chi connectivity index (χ2n) is 4.95. The van der Waals surface area contributed by atoms with Gasteiger partial charge < -0.3 is 9.67 Å². The van der Waals surface area contributed by atoms with Crippen molar-refractivity contribution in [3.05, 3.63) is 47.4 Å². The van der Waals surface area contributed by atoms with Crippen LogP contribution in [0.3, 0.4) is 0 Å². The van der Waals surface area contributed by atoms with Gasteiger partial charge in [0, 0.05) is 23.7 Å². The zero-order valence-electron chi connectivity index (χ0n) is 12.6. The third-order valence-electron chi connectivity index (χ3n) is 3.82. The maximum Gasteiger partial charge on any atom is 0.137 e. The van der Waals surface area contributed by atoms with Crippen LogP contribution in [0, 0.1) is 12.8 Å². The SMILES string of the molecule is C#C.C/C=C(O)\C(=N/CCl)c1cn2c3c(cccc13)CCC2. The summed E-state index contributed by atoms with van der Waals surface area (Å²) in [7, 11) is 0. The van der Waals surface area contributed by atoms with Crippen molar-refractivity contribution < 1.29 is 5.11 Å². The highest BCUT2D eigenvalue weighted by atomic mass is 35.5. The van der Waals surface area contributed by atoms with E-state index in [4.69, 9.17) is 11.6 Å². The van der Waals surface area contributed by atoms with Gasteiger partial charge in [0.2, 0.25) is 0 Å². The van der Waals surface area contributed by atoms with Gasteiger partial charge in [-0.15, -0.1) is 24.4 Å². The monoisotopic (exact) mass is 314 g/mol. The molecular weight excluding hydrogens is 296 g/mol. The smallest absolute Gasteiger partial charge is 0.137 e. The van der Waals surface area contributed by atoms with E-state index in [1.54, 1.807) is 13.0 Å². The summed E-state index contributed by atoms with van der Waals surface area (Å²) in [6.45, 7) is 2.81. The van der Waals surface area contributed by atoms with Crippen LogP contribution in [-0.4, -0.2) is 21.4 Å². The number of rotatable bonds is 3. The number of nitrogens with zero attached hydrogens (tertiary/aromatic N) is 2. The summed E-state index contributed by atoms with van der Waals surface area (Å²) in [4.78, 5) is 4.26. The van der Waals surface area contributed by atoms with Crippen LogP contribution in [0.15, 0.2) is 41.2 Å². The minimum atomic E-state index is 0.138. The highest BCUT2D eigenvalue weighted by Gasteiger charge is 2.19. The molecule has 0 bridgehead atoms. The number of terminal acetylenes is 1. The molecule has 0 fully saturated rings. The fraction of sp³-hybridized carbons (Fsp3) is 0.278. The van der Waals surface area contributed by atoms with Crippen LogP contribution in [0.2, 0.25) is 0 Å². The maximum atomic E-state index is 10.1. The number of aliphatic hydroxyl groups excluding tert-OH is 1. The van der Waals surface area contributed by atoms with E-state index in [9.17, 15) is 5.11 Å². The van der Waals surface area contributed by atoms with Gasteiger partial charge in [-0.3, -0.25) is 4.99 Å². The van der Waals surface area contributed by atoms with Gasteiger partial charge in [-0.2, -0.15) is 0 Å². The summed E-state index contributed by atoms with van der Waals surface area (Å²) in [5.74, 6) is 0.175. The number of para-hydroxylation sites is 1. The molecule has 1 aliphatic heterocycles. The van der Waals surface area contributed by atoms with E-state index in [-0.39, 0.29) is 11.8 Å². The zero-order chi connectivity index (χ0) is 16.1. The van der Waals surface area contributed by atoms with Crippen LogP contribution in [-0.2, 0) is 13.0 Å². The average molecular weight is 315 g/mol. The first-order chi connectivity index (χ1) is 10.8. The van der Waals surface area contributed by atoms with Crippen molar-refractivity contribution in [2.45, 2.75) is 26.3 Å². The van der Waals surface area contributed by atoms with Gasteiger partial charge in [-0.25, -0.2) is 0 Å². The minimum absolute atomic E-state index is 0.138. The fourth-order valence-electron chi connectivity index (χ4n) is 2.95. The number of aryl methyl sites for hydroxylation is 2. The first kappa shape index (κ1) is 16.2. The quantitative estimate of drug-likeness (QED) is 0.296. The molecule has 2 heterocycles. The minimum Gasteiger partial charge on any atom is -0.506 e. The van der Waals surface area contributed by atoms with Crippen LogP contribution < -0.4 is 0 Å². The molecule has 4 heteroatoms. The molecule has 1 aromatic heterocycles. The number of aliphatic imine (C=N–C) groups is 1. The number of halogens is 1. The lowest BCUT2D eigenvalue weighted by Gasteiger charge is -2.14. The number of allylic oxidation sites excluding steroid dienone is 2. The highest BCUT2D eigenvalue weighted by molar-refractivity contribution is 6.22. The van der Waals surface area contributed by atoms with Gasteiger partial charge in [0.15, 0.2) is 0 Å². The summed E-state index contributed by atoms with van der Waals surface area (Å²) >= 11 is 5.75. The third-order valence-corrected chi connectivity index (χ3v) is 3.94. The zero-order valence-corrected chi connectivity index (χ0v) is 13.3. The topological polar surface area (TPSA) is 37.5 Å². The molecular formula is C18H19ClN2O. The Hall–Kier alpha value is -2.18. The lowest BCUT2D eigenvalue weighted by molar-refractivity contribution is 0.442. The molecule has 0 aliphatic carbocycles. The van der Waals surface area contributed by atoms with Crippen molar-refractivity contribution in [2.24, 2.45) is 4.99 Å². The molecule has 1 N–H and O–H groups in total. The van der Waals surface area contributed by atoms with Crippen molar-refractivity contribution in [3.8, 4) is 12.8 Å². The predicted octanol–water partition coefficient (Wildman–Crippen LogP) is 4.28. The van der Waals surface area contributed by atoms with Crippen LogP contribution in [0.1, 0.15) is 24.5 Å². The molecule has 3 rings (SSSR count). The largest absolute Gasteiger partial charge is 0.506 e. The highest BCUT2D eigenvalue weighted by Crippen LogP contribution is 2.30. The Labute approximate surface area is 135 Å². The van der Waals surface area contributed by atoms with Gasteiger partial charge in [-0.1, -0.05) is 18.2 Å². The van der Waals surface area contributed by atoms with Crippen LogP contribution >= 0.6 is 11.6 Å². The second-order valence-corrected chi connectivity index (χ2v) is 5.19. The Morgan fingerprint density at radius 2 is 2.23 bits per heavy atom. The number of hydrogen-bond donors (Lipinski definition) is 1. The van der Waals surface area contributed by atoms with Crippen LogP contribution in [0.25, 0.3) is 10.9 Å². The van der Waals surface area contributed by atoms with E-state index in [1.165, 1.54) is 11.1 Å². The van der Waals surface area contributed by atoms with Crippen LogP contribution in [0.5, 0.6) is 0 Å². The molecule has 0 saturated carbocycles. The molecule has 0 radical (unpaired) electrons. The number of aromatic nitrogens is 1. The fourth-order valence-corrected chi connectivity index (χ4v) is 3.06. The van der Waals surface area contributed by atoms with E-state index in [0.29, 0.717) is 5.71 Å². The third kappa shape index (κ3) is 2.75. The van der Waals surface area contributed by atoms with E-state index < -0.39 is 0 Å². The number of hydrogen-bond acceptors (Lipinski definition) is 2. The molecule has 0 saturated heterocycles. The van der Waals surface area contributed by atoms with Crippen molar-refractivity contribution in [1.29, 1.82) is 0 Å². The normalized spacial score (nSPS) is 14.5. The van der Waals surface area contributed by atoms with Crippen molar-refractivity contribution in [3.63, 3.8) is 0 Å². The van der Waals surface area contributed by atoms with Crippen LogP contribution in [0.4, 0.5) is 0 Å². The van der Waals surface area contributed by atoms with Gasteiger partial charge in [0.25, 0.3) is 0 Å². The average Bonchev–Trinajstić information content (AvgIpc) is 2.95. The summed E-state index contributed by atoms with van der Waals surface area (Å²) in [5, 5.41) is 11.2. The molecule has 1 aliphatic rings. The van der Waals surface area contributed by atoms with E-state index in [0.717, 1.165) is 30.3 Å². The Bertz CT molecular complexity index is 753. The first-order valence-electron chi connectivity index (χ1n) is 7.16. The van der Waals surface area contributed by atoms with Crippen molar-refractivity contribution >= 4 is 28.2 Å².